The lowest BCUT2D eigenvalue weighted by molar-refractivity contribution is -0.605. The molecule has 124 valence electrons. The molecule has 24 heavy (non-hydrogen) atoms. The van der Waals surface area contributed by atoms with Crippen LogP contribution in [0.15, 0.2) is 42.7 Å². The second kappa shape index (κ2) is 6.03. The molecule has 1 aromatic carbocycles. The molecule has 2 aliphatic rings. The number of nitrogens with zero attached hydrogens (tertiary/aromatic N) is 1. The first-order valence-electron chi connectivity index (χ1n) is 8.10. The van der Waals surface area contributed by atoms with E-state index < -0.39 is 0 Å². The first-order valence-corrected chi connectivity index (χ1v) is 8.10. The van der Waals surface area contributed by atoms with Gasteiger partial charge in [-0.2, -0.15) is 4.73 Å². The van der Waals surface area contributed by atoms with E-state index in [1.54, 1.807) is 0 Å². The highest BCUT2D eigenvalue weighted by Crippen LogP contribution is 2.43. The van der Waals surface area contributed by atoms with Gasteiger partial charge in [0.15, 0.2) is 23.9 Å². The summed E-state index contributed by atoms with van der Waals surface area (Å²) in [5.74, 6) is 1.73. The third-order valence-corrected chi connectivity index (χ3v) is 4.37. The summed E-state index contributed by atoms with van der Waals surface area (Å²) in [6.45, 7) is 1.10. The number of carbonyl (C=O) groups excluding carboxylic acids is 1. The largest absolute Gasteiger partial charge is 0.619 e. The van der Waals surface area contributed by atoms with Crippen molar-refractivity contribution in [3.05, 3.63) is 59.1 Å². The standard InChI is InChI=1S/C18H18N2O4/c21-18(13-5-7-20(22)8-6-13)19-17(12-1-2-12)14-3-4-15-16(11-14)24-10-9-23-15/h3-8,11-12,17H,1-2,9-10H2,(H,19,21)/t17-/m0/s1. The van der Waals surface area contributed by atoms with Gasteiger partial charge in [-0.1, -0.05) is 6.07 Å². The van der Waals surface area contributed by atoms with Crippen molar-refractivity contribution < 1.29 is 19.0 Å². The van der Waals surface area contributed by atoms with Crippen molar-refractivity contribution in [1.29, 1.82) is 0 Å². The monoisotopic (exact) mass is 326 g/mol. The maximum atomic E-state index is 12.5. The molecule has 2 heterocycles. The number of carbonyl (C=O) groups is 1. The van der Waals surface area contributed by atoms with E-state index >= 15 is 0 Å². The van der Waals surface area contributed by atoms with Crippen LogP contribution in [0.1, 0.15) is 34.8 Å². The molecule has 1 amide bonds. The van der Waals surface area contributed by atoms with Crippen LogP contribution in [0.5, 0.6) is 11.5 Å². The Morgan fingerprint density at radius 2 is 1.83 bits per heavy atom. The fourth-order valence-electron chi connectivity index (χ4n) is 2.95. The highest BCUT2D eigenvalue weighted by atomic mass is 16.6. The zero-order valence-electron chi connectivity index (χ0n) is 13.1. The van der Waals surface area contributed by atoms with Gasteiger partial charge in [0, 0.05) is 12.1 Å². The lowest BCUT2D eigenvalue weighted by atomic mass is 10.0. The highest BCUT2D eigenvalue weighted by Gasteiger charge is 2.34. The molecule has 6 heteroatoms. The molecular weight excluding hydrogens is 308 g/mol. The summed E-state index contributed by atoms with van der Waals surface area (Å²) in [5, 5.41) is 14.2. The van der Waals surface area contributed by atoms with E-state index in [9.17, 15) is 10.0 Å². The van der Waals surface area contributed by atoms with Gasteiger partial charge in [0.1, 0.15) is 13.2 Å². The first-order chi connectivity index (χ1) is 11.7. The SMILES string of the molecule is O=C(N[C@H](c1ccc2c(c1)OCCO2)C1CC1)c1cc[n+]([O-])cc1. The topological polar surface area (TPSA) is 74.5 Å². The average molecular weight is 326 g/mol. The van der Waals surface area contributed by atoms with Gasteiger partial charge in [0.25, 0.3) is 5.91 Å². The molecule has 1 saturated carbocycles. The van der Waals surface area contributed by atoms with Crippen molar-refractivity contribution in [3.8, 4) is 11.5 Å². The summed E-state index contributed by atoms with van der Waals surface area (Å²) < 4.78 is 11.9. The Morgan fingerprint density at radius 1 is 1.12 bits per heavy atom. The van der Waals surface area contributed by atoms with Crippen LogP contribution in [-0.4, -0.2) is 19.1 Å². The van der Waals surface area contributed by atoms with Crippen molar-refractivity contribution in [2.75, 3.05) is 13.2 Å². The zero-order chi connectivity index (χ0) is 16.5. The Morgan fingerprint density at radius 3 is 2.54 bits per heavy atom. The number of hydrogen-bond donors (Lipinski definition) is 1. The Labute approximate surface area is 139 Å². The Hall–Kier alpha value is -2.76. The Balaban J connectivity index is 1.56. The maximum absolute atomic E-state index is 12.5. The molecule has 1 N–H and O–H groups in total. The molecule has 1 aromatic heterocycles. The third-order valence-electron chi connectivity index (χ3n) is 4.37. The van der Waals surface area contributed by atoms with Crippen molar-refractivity contribution >= 4 is 5.91 Å². The minimum absolute atomic E-state index is 0.0621. The molecule has 6 nitrogen and oxygen atoms in total. The molecule has 0 unspecified atom stereocenters. The van der Waals surface area contributed by atoms with Crippen molar-refractivity contribution in [2.24, 2.45) is 5.92 Å². The van der Waals surface area contributed by atoms with E-state index in [2.05, 4.69) is 5.32 Å². The van der Waals surface area contributed by atoms with E-state index in [0.29, 0.717) is 29.4 Å². The molecule has 1 atom stereocenters. The van der Waals surface area contributed by atoms with Crippen LogP contribution in [0.25, 0.3) is 0 Å². The summed E-state index contributed by atoms with van der Waals surface area (Å²) >= 11 is 0. The lowest BCUT2D eigenvalue weighted by Gasteiger charge is -2.23. The van der Waals surface area contributed by atoms with Crippen LogP contribution < -0.4 is 19.5 Å². The number of nitrogens with one attached hydrogen (secondary N) is 1. The molecule has 0 saturated heterocycles. The number of pyridine rings is 1. The van der Waals surface area contributed by atoms with Crippen LogP contribution in [0.4, 0.5) is 0 Å². The normalized spacial score (nSPS) is 17.2. The average Bonchev–Trinajstić information content (AvgIpc) is 3.44. The van der Waals surface area contributed by atoms with E-state index in [1.165, 1.54) is 24.5 Å². The summed E-state index contributed by atoms with van der Waals surface area (Å²) in [6, 6.07) is 8.82. The minimum Gasteiger partial charge on any atom is -0.619 e. The summed E-state index contributed by atoms with van der Waals surface area (Å²) in [6.07, 6.45) is 4.83. The predicted molar refractivity (Wildman–Crippen MR) is 85.8 cm³/mol. The van der Waals surface area contributed by atoms with Crippen LogP contribution >= 0.6 is 0 Å². The minimum atomic E-state index is -0.178. The predicted octanol–water partition coefficient (Wildman–Crippen LogP) is 1.97. The number of amides is 1. The van der Waals surface area contributed by atoms with Gasteiger partial charge in [0.05, 0.1) is 11.6 Å². The third kappa shape index (κ3) is 2.99. The Bertz CT molecular complexity index is 756. The molecule has 0 radical (unpaired) electrons. The zero-order valence-corrected chi connectivity index (χ0v) is 13.1. The number of benzene rings is 1. The molecule has 1 fully saturated rings. The molecule has 1 aliphatic heterocycles. The van der Waals surface area contributed by atoms with Crippen LogP contribution in [-0.2, 0) is 0 Å². The van der Waals surface area contributed by atoms with E-state index in [0.717, 1.165) is 29.9 Å². The molecule has 1 aliphatic carbocycles. The Kier molecular flexibility index (Phi) is 3.72. The van der Waals surface area contributed by atoms with Crippen molar-refractivity contribution in [2.45, 2.75) is 18.9 Å². The molecular formula is C18H18N2O4. The van der Waals surface area contributed by atoms with Crippen molar-refractivity contribution in [3.63, 3.8) is 0 Å². The van der Waals surface area contributed by atoms with Gasteiger partial charge in [-0.3, -0.25) is 4.79 Å². The van der Waals surface area contributed by atoms with Crippen LogP contribution in [0, 0.1) is 11.1 Å². The van der Waals surface area contributed by atoms with Crippen LogP contribution in [0.2, 0.25) is 0 Å². The number of rotatable bonds is 4. The molecule has 0 bridgehead atoms. The van der Waals surface area contributed by atoms with Crippen LogP contribution in [0.3, 0.4) is 0 Å². The van der Waals surface area contributed by atoms with Gasteiger partial charge >= 0.3 is 0 Å². The van der Waals surface area contributed by atoms with E-state index in [1.807, 2.05) is 18.2 Å². The molecule has 0 spiro atoms. The van der Waals surface area contributed by atoms with Gasteiger partial charge < -0.3 is 20.0 Å². The van der Waals surface area contributed by atoms with E-state index in [-0.39, 0.29) is 11.9 Å². The number of fused-ring (bicyclic) bond motifs is 1. The smallest absolute Gasteiger partial charge is 0.252 e. The second-order valence-electron chi connectivity index (χ2n) is 6.14. The fourth-order valence-corrected chi connectivity index (χ4v) is 2.95. The first kappa shape index (κ1) is 14.8. The lowest BCUT2D eigenvalue weighted by Crippen LogP contribution is -2.31. The van der Waals surface area contributed by atoms with Gasteiger partial charge in [0.2, 0.25) is 0 Å². The number of aromatic nitrogens is 1. The quantitative estimate of drug-likeness (QED) is 0.688. The summed E-state index contributed by atoms with van der Waals surface area (Å²) in [4.78, 5) is 12.5. The maximum Gasteiger partial charge on any atom is 0.252 e. The van der Waals surface area contributed by atoms with Gasteiger partial charge in [-0.05, 0) is 36.5 Å². The highest BCUT2D eigenvalue weighted by molar-refractivity contribution is 5.94. The summed E-state index contributed by atoms with van der Waals surface area (Å²) in [5.41, 5.74) is 1.50. The summed E-state index contributed by atoms with van der Waals surface area (Å²) in [7, 11) is 0. The van der Waals surface area contributed by atoms with Gasteiger partial charge in [-0.15, -0.1) is 0 Å². The fraction of sp³-hybridized carbons (Fsp3) is 0.333. The van der Waals surface area contributed by atoms with Crippen molar-refractivity contribution in [1.82, 2.24) is 5.32 Å². The molecule has 2 aromatic rings. The number of ether oxygens (including phenoxy) is 2. The molecule has 4 rings (SSSR count). The number of hydrogen-bond acceptors (Lipinski definition) is 4. The second-order valence-corrected chi connectivity index (χ2v) is 6.14. The van der Waals surface area contributed by atoms with Gasteiger partial charge in [-0.25, -0.2) is 0 Å². The van der Waals surface area contributed by atoms with E-state index in [4.69, 9.17) is 9.47 Å².